The van der Waals surface area contributed by atoms with Gasteiger partial charge in [-0.05, 0) is 27.7 Å². The van der Waals surface area contributed by atoms with Crippen molar-refractivity contribution < 1.29 is 19.1 Å². The van der Waals surface area contributed by atoms with Crippen LogP contribution in [0.15, 0.2) is 36.7 Å². The van der Waals surface area contributed by atoms with Crippen LogP contribution < -0.4 is 4.74 Å². The molecule has 1 saturated heterocycles. The summed E-state index contributed by atoms with van der Waals surface area (Å²) in [7, 11) is 0. The fraction of sp³-hybridized carbons (Fsp3) is 0.450. The molecule has 0 aliphatic carbocycles. The van der Waals surface area contributed by atoms with Crippen molar-refractivity contribution >= 4 is 22.6 Å². The lowest BCUT2D eigenvalue weighted by atomic mass is 10.1. The van der Waals surface area contributed by atoms with Crippen molar-refractivity contribution in [2.24, 2.45) is 0 Å². The number of nitrogens with zero attached hydrogens (tertiary/aromatic N) is 2. The molecule has 2 heterocycles. The molecule has 1 aromatic heterocycles. The number of pyridine rings is 1. The first-order chi connectivity index (χ1) is 12.2. The molecular formula is C20H24N2O4. The lowest BCUT2D eigenvalue weighted by molar-refractivity contribution is -0.121. The van der Waals surface area contributed by atoms with E-state index in [-0.39, 0.29) is 11.9 Å². The van der Waals surface area contributed by atoms with Crippen LogP contribution in [0.5, 0.6) is 5.75 Å². The minimum atomic E-state index is -0.614. The van der Waals surface area contributed by atoms with Gasteiger partial charge in [0.1, 0.15) is 17.5 Å². The van der Waals surface area contributed by atoms with Crippen LogP contribution in [-0.2, 0) is 9.53 Å². The van der Waals surface area contributed by atoms with Gasteiger partial charge in [0.2, 0.25) is 0 Å². The molecule has 26 heavy (non-hydrogen) atoms. The minimum absolute atomic E-state index is 0.0713. The third-order valence-corrected chi connectivity index (χ3v) is 4.29. The number of aromatic nitrogens is 1. The number of fused-ring (bicyclic) bond motifs is 1. The molecule has 1 fully saturated rings. The molecular weight excluding hydrogens is 332 g/mol. The first-order valence-corrected chi connectivity index (χ1v) is 8.74. The van der Waals surface area contributed by atoms with Crippen LogP contribution >= 0.6 is 0 Å². The Balaban J connectivity index is 1.79. The van der Waals surface area contributed by atoms with Crippen LogP contribution in [0.25, 0.3) is 10.8 Å². The third-order valence-electron chi connectivity index (χ3n) is 4.29. The summed E-state index contributed by atoms with van der Waals surface area (Å²) in [6.45, 7) is 7.21. The zero-order valence-corrected chi connectivity index (χ0v) is 15.6. The maximum atomic E-state index is 12.5. The Kier molecular flexibility index (Phi) is 4.85. The van der Waals surface area contributed by atoms with Gasteiger partial charge in [0.25, 0.3) is 0 Å². The van der Waals surface area contributed by atoms with Crippen molar-refractivity contribution in [2.75, 3.05) is 6.54 Å². The van der Waals surface area contributed by atoms with Crippen molar-refractivity contribution in [1.82, 2.24) is 9.88 Å². The maximum Gasteiger partial charge on any atom is 0.411 e. The fourth-order valence-electron chi connectivity index (χ4n) is 3.15. The van der Waals surface area contributed by atoms with E-state index in [0.29, 0.717) is 18.7 Å². The number of amides is 1. The van der Waals surface area contributed by atoms with Crippen LogP contribution in [-0.4, -0.2) is 46.1 Å². The number of likely N-dealkylation sites (tertiary alicyclic amines) is 1. The Bertz CT molecular complexity index is 823. The lowest BCUT2D eigenvalue weighted by Gasteiger charge is -2.27. The Hall–Kier alpha value is -2.63. The van der Waals surface area contributed by atoms with Crippen LogP contribution in [0.1, 0.15) is 34.1 Å². The van der Waals surface area contributed by atoms with E-state index in [1.54, 1.807) is 33.2 Å². The molecule has 0 N–H and O–H groups in total. The number of carbonyl (C=O) groups excluding carboxylic acids is 2. The van der Waals surface area contributed by atoms with Gasteiger partial charge in [-0.25, -0.2) is 4.79 Å². The second-order valence-electron chi connectivity index (χ2n) is 7.59. The molecule has 2 atom stereocenters. The molecule has 0 saturated carbocycles. The molecule has 138 valence electrons. The molecule has 6 nitrogen and oxygen atoms in total. The van der Waals surface area contributed by atoms with Gasteiger partial charge in [-0.3, -0.25) is 14.7 Å². The molecule has 1 aliphatic heterocycles. The van der Waals surface area contributed by atoms with Crippen molar-refractivity contribution in [3.05, 3.63) is 36.7 Å². The normalized spacial score (nSPS) is 20.2. The highest BCUT2D eigenvalue weighted by molar-refractivity contribution is 5.88. The molecule has 0 bridgehead atoms. The van der Waals surface area contributed by atoms with E-state index in [2.05, 4.69) is 4.98 Å². The molecule has 1 aliphatic rings. The van der Waals surface area contributed by atoms with Gasteiger partial charge >= 0.3 is 6.09 Å². The monoisotopic (exact) mass is 356 g/mol. The molecule has 3 rings (SSSR count). The lowest BCUT2D eigenvalue weighted by Crippen LogP contribution is -2.43. The zero-order chi connectivity index (χ0) is 18.9. The molecule has 0 radical (unpaired) electrons. The summed E-state index contributed by atoms with van der Waals surface area (Å²) < 4.78 is 11.6. The van der Waals surface area contributed by atoms with E-state index in [4.69, 9.17) is 9.47 Å². The number of rotatable bonds is 3. The quantitative estimate of drug-likeness (QED) is 0.841. The van der Waals surface area contributed by atoms with E-state index in [1.165, 1.54) is 11.8 Å². The maximum absolute atomic E-state index is 12.5. The van der Waals surface area contributed by atoms with Gasteiger partial charge in [0.05, 0.1) is 18.8 Å². The molecule has 0 spiro atoms. The third kappa shape index (κ3) is 3.95. The van der Waals surface area contributed by atoms with E-state index in [9.17, 15) is 9.59 Å². The number of hydrogen-bond acceptors (Lipinski definition) is 5. The molecule has 1 unspecified atom stereocenters. The second-order valence-corrected chi connectivity index (χ2v) is 7.59. The van der Waals surface area contributed by atoms with E-state index >= 15 is 0 Å². The summed E-state index contributed by atoms with van der Waals surface area (Å²) in [6.07, 6.45) is 3.12. The molecule has 6 heteroatoms. The van der Waals surface area contributed by atoms with Gasteiger partial charge in [-0.1, -0.05) is 24.3 Å². The SMILES string of the molecule is CC(=O)[C@@H]1CC(Oc2cncc3ccccc23)CN1C(=O)OC(C)(C)C. The Labute approximate surface area is 153 Å². The summed E-state index contributed by atoms with van der Waals surface area (Å²) in [4.78, 5) is 30.2. The number of carbonyl (C=O) groups is 2. The van der Waals surface area contributed by atoms with Crippen molar-refractivity contribution in [1.29, 1.82) is 0 Å². The Morgan fingerprint density at radius 2 is 1.92 bits per heavy atom. The number of Topliss-reactive ketones (excluding diaryl/α,β-unsaturated/α-hetero) is 1. The average molecular weight is 356 g/mol. The summed E-state index contributed by atoms with van der Waals surface area (Å²) in [5.41, 5.74) is -0.614. The highest BCUT2D eigenvalue weighted by Crippen LogP contribution is 2.29. The largest absolute Gasteiger partial charge is 0.486 e. The predicted octanol–water partition coefficient (Wildman–Crippen LogP) is 3.58. The predicted molar refractivity (Wildman–Crippen MR) is 98.2 cm³/mol. The smallest absolute Gasteiger partial charge is 0.411 e. The number of hydrogen-bond donors (Lipinski definition) is 0. The number of benzene rings is 1. The summed E-state index contributed by atoms with van der Waals surface area (Å²) in [5, 5.41) is 1.94. The topological polar surface area (TPSA) is 68.7 Å². The van der Waals surface area contributed by atoms with Crippen LogP contribution in [0.4, 0.5) is 4.79 Å². The van der Waals surface area contributed by atoms with Gasteiger partial charge in [-0.15, -0.1) is 0 Å². The summed E-state index contributed by atoms with van der Waals surface area (Å²) >= 11 is 0. The first kappa shape index (κ1) is 18.2. The van der Waals surface area contributed by atoms with Crippen LogP contribution in [0.3, 0.4) is 0 Å². The summed E-state index contributed by atoms with van der Waals surface area (Å²) in [5.74, 6) is 0.583. The van der Waals surface area contributed by atoms with Crippen molar-refractivity contribution in [3.8, 4) is 5.75 Å². The van der Waals surface area contributed by atoms with E-state index in [1.807, 2.05) is 24.3 Å². The Morgan fingerprint density at radius 3 is 2.62 bits per heavy atom. The highest BCUT2D eigenvalue weighted by Gasteiger charge is 2.41. The highest BCUT2D eigenvalue weighted by atomic mass is 16.6. The summed E-state index contributed by atoms with van der Waals surface area (Å²) in [6, 6.07) is 7.29. The zero-order valence-electron chi connectivity index (χ0n) is 15.6. The Morgan fingerprint density at radius 1 is 1.19 bits per heavy atom. The van der Waals surface area contributed by atoms with Crippen LogP contribution in [0, 0.1) is 0 Å². The standard InChI is InChI=1S/C20H24N2O4/c1-13(23)17-9-15(12-22(17)19(24)26-20(2,3)4)25-18-11-21-10-14-7-5-6-8-16(14)18/h5-8,10-11,15,17H,9,12H2,1-4H3/t15?,17-/m0/s1. The van der Waals surface area contributed by atoms with E-state index < -0.39 is 17.7 Å². The molecule has 1 aromatic carbocycles. The van der Waals surface area contributed by atoms with Gasteiger partial charge in [0, 0.05) is 23.4 Å². The second kappa shape index (κ2) is 6.94. The molecule has 2 aromatic rings. The fourth-order valence-corrected chi connectivity index (χ4v) is 3.15. The number of ether oxygens (including phenoxy) is 2. The van der Waals surface area contributed by atoms with Crippen LogP contribution in [0.2, 0.25) is 0 Å². The van der Waals surface area contributed by atoms with Crippen molar-refractivity contribution in [3.63, 3.8) is 0 Å². The van der Waals surface area contributed by atoms with Gasteiger partial charge < -0.3 is 9.47 Å². The first-order valence-electron chi connectivity index (χ1n) is 8.74. The number of ketones is 1. The van der Waals surface area contributed by atoms with E-state index in [0.717, 1.165) is 10.8 Å². The van der Waals surface area contributed by atoms with Crippen molar-refractivity contribution in [2.45, 2.75) is 51.9 Å². The molecule has 1 amide bonds. The van der Waals surface area contributed by atoms with Gasteiger partial charge in [0.15, 0.2) is 5.78 Å². The average Bonchev–Trinajstić information content (AvgIpc) is 2.98. The minimum Gasteiger partial charge on any atom is -0.486 e. The van der Waals surface area contributed by atoms with Gasteiger partial charge in [-0.2, -0.15) is 0 Å².